The fourth-order valence-corrected chi connectivity index (χ4v) is 3.53. The second kappa shape index (κ2) is 16.2. The molecular weight excluding hydrogens is 444 g/mol. The molecule has 0 N–H and O–H groups in total. The molecule has 0 saturated heterocycles. The minimum Gasteiger partial charge on any atom is -0.296 e. The molecule has 2 amide bonds. The number of hydrogen-bond acceptors (Lipinski definition) is 12. The van der Waals surface area contributed by atoms with Crippen molar-refractivity contribution < 1.29 is 19.3 Å². The highest BCUT2D eigenvalue weighted by molar-refractivity contribution is 8.75. The normalized spacial score (nSPS) is 11.2. The van der Waals surface area contributed by atoms with E-state index in [0.717, 1.165) is 30.6 Å². The first kappa shape index (κ1) is 26.3. The number of rotatable bonds is 9. The summed E-state index contributed by atoms with van der Waals surface area (Å²) in [6.45, 7) is 3.34. The van der Waals surface area contributed by atoms with Crippen LogP contribution < -0.4 is 0 Å². The fraction of sp³-hybridized carbons (Fsp3) is 0.571. The van der Waals surface area contributed by atoms with Gasteiger partial charge in [-0.25, -0.2) is 18.2 Å². The number of hydrogen-bond donors (Lipinski definition) is 0. The van der Waals surface area contributed by atoms with Gasteiger partial charge < -0.3 is 0 Å². The van der Waals surface area contributed by atoms with Gasteiger partial charge in [0, 0.05) is 60.4 Å². The van der Waals surface area contributed by atoms with Crippen molar-refractivity contribution in [2.75, 3.05) is 25.6 Å². The summed E-state index contributed by atoms with van der Waals surface area (Å²) >= 11 is 2.62. The molecule has 154 valence electrons. The maximum absolute atomic E-state index is 11.8. The number of nitriles is 2. The molecule has 0 saturated carbocycles. The summed E-state index contributed by atoms with van der Waals surface area (Å²) in [5.41, 5.74) is 0. The van der Waals surface area contributed by atoms with E-state index in [4.69, 9.17) is 20.2 Å². The molecule has 0 aliphatic heterocycles. The summed E-state index contributed by atoms with van der Waals surface area (Å²) in [7, 11) is 4.79. The lowest BCUT2D eigenvalue weighted by molar-refractivity contribution is 0.136. The number of oxime groups is 2. The Hall–Kier alpha value is -1.74. The molecular formula is C14H20N6O4S4. The van der Waals surface area contributed by atoms with Gasteiger partial charge in [-0.1, -0.05) is 10.3 Å². The number of thioether (sulfide) groups is 2. The third kappa shape index (κ3) is 13.4. The number of nitrogens with zero attached hydrogens (tertiary/aromatic N) is 6. The molecule has 0 rings (SSSR count). The van der Waals surface area contributed by atoms with Gasteiger partial charge in [0.05, 0.1) is 12.1 Å². The molecule has 0 unspecified atom stereocenters. The van der Waals surface area contributed by atoms with Crippen LogP contribution in [0, 0.1) is 22.7 Å². The summed E-state index contributed by atoms with van der Waals surface area (Å²) in [5.74, 6) is 1.13. The van der Waals surface area contributed by atoms with Gasteiger partial charge in [-0.2, -0.15) is 10.5 Å². The van der Waals surface area contributed by atoms with Crippen LogP contribution >= 0.6 is 45.5 Å². The van der Waals surface area contributed by atoms with Gasteiger partial charge in [-0.3, -0.25) is 9.68 Å². The first-order valence-corrected chi connectivity index (χ1v) is 11.7. The molecule has 0 bridgehead atoms. The average Bonchev–Trinajstić information content (AvgIpc) is 2.68. The first-order chi connectivity index (χ1) is 13.3. The quantitative estimate of drug-likeness (QED) is 0.0925. The van der Waals surface area contributed by atoms with Crippen molar-refractivity contribution in [3.8, 4) is 12.1 Å². The summed E-state index contributed by atoms with van der Waals surface area (Å²) in [5, 5.41) is 25.3. The van der Waals surface area contributed by atoms with Gasteiger partial charge in [-0.15, -0.1) is 23.5 Å². The molecule has 0 aromatic rings. The Morgan fingerprint density at radius 3 is 1.54 bits per heavy atom. The molecule has 0 aromatic carbocycles. The maximum Gasteiger partial charge on any atom is 0.446 e. The fourth-order valence-electron chi connectivity index (χ4n) is 1.02. The SMILES string of the molecule is C/C(=N\OC(=O)N(C)SSN(C)C(=O)O/N=C(\C)SCCC#N)SCCC#N. The highest BCUT2D eigenvalue weighted by atomic mass is 33.1. The van der Waals surface area contributed by atoms with Crippen LogP contribution in [0.2, 0.25) is 0 Å². The Balaban J connectivity index is 4.22. The van der Waals surface area contributed by atoms with Gasteiger partial charge in [0.25, 0.3) is 0 Å². The van der Waals surface area contributed by atoms with Crippen molar-refractivity contribution in [2.24, 2.45) is 10.3 Å². The summed E-state index contributed by atoms with van der Waals surface area (Å²) in [6.07, 6.45) is -0.685. The molecule has 0 fully saturated rings. The third-order valence-electron chi connectivity index (χ3n) is 2.33. The van der Waals surface area contributed by atoms with Gasteiger partial charge in [0.15, 0.2) is 0 Å². The summed E-state index contributed by atoms with van der Waals surface area (Å²) in [4.78, 5) is 33.2. The van der Waals surface area contributed by atoms with Gasteiger partial charge in [0.1, 0.15) is 10.1 Å². The van der Waals surface area contributed by atoms with E-state index in [-0.39, 0.29) is 0 Å². The van der Waals surface area contributed by atoms with Crippen molar-refractivity contribution in [1.82, 2.24) is 8.61 Å². The molecule has 0 aliphatic carbocycles. The third-order valence-corrected chi connectivity index (χ3v) is 6.48. The van der Waals surface area contributed by atoms with Crippen molar-refractivity contribution in [1.29, 1.82) is 10.5 Å². The predicted molar refractivity (Wildman–Crippen MR) is 115 cm³/mol. The smallest absolute Gasteiger partial charge is 0.296 e. The zero-order valence-corrected chi connectivity index (χ0v) is 19.0. The largest absolute Gasteiger partial charge is 0.446 e. The van der Waals surface area contributed by atoms with Crippen LogP contribution in [0.3, 0.4) is 0 Å². The molecule has 0 aromatic heterocycles. The lowest BCUT2D eigenvalue weighted by Gasteiger charge is -2.16. The van der Waals surface area contributed by atoms with Crippen LogP contribution in [-0.2, 0) is 9.68 Å². The Kier molecular flexibility index (Phi) is 15.2. The van der Waals surface area contributed by atoms with Crippen molar-refractivity contribution >= 4 is 67.8 Å². The Morgan fingerprint density at radius 1 is 0.857 bits per heavy atom. The Labute approximate surface area is 180 Å². The molecule has 0 atom stereocenters. The van der Waals surface area contributed by atoms with E-state index in [1.54, 1.807) is 13.8 Å². The van der Waals surface area contributed by atoms with E-state index < -0.39 is 12.2 Å². The van der Waals surface area contributed by atoms with Crippen LogP contribution in [-0.4, -0.2) is 56.5 Å². The minimum absolute atomic E-state index is 0.377. The highest BCUT2D eigenvalue weighted by Gasteiger charge is 2.17. The average molecular weight is 465 g/mol. The Morgan fingerprint density at radius 2 is 1.21 bits per heavy atom. The van der Waals surface area contributed by atoms with E-state index in [9.17, 15) is 9.59 Å². The molecule has 14 heteroatoms. The van der Waals surface area contributed by atoms with E-state index in [0.29, 0.717) is 34.4 Å². The van der Waals surface area contributed by atoms with E-state index in [1.165, 1.54) is 37.6 Å². The number of amides is 2. The molecule has 0 spiro atoms. The van der Waals surface area contributed by atoms with Crippen LogP contribution in [0.15, 0.2) is 10.3 Å². The van der Waals surface area contributed by atoms with E-state index in [1.807, 2.05) is 12.1 Å². The zero-order valence-electron chi connectivity index (χ0n) is 15.8. The van der Waals surface area contributed by atoms with Crippen molar-refractivity contribution in [3.63, 3.8) is 0 Å². The lowest BCUT2D eigenvalue weighted by atomic mass is 10.6. The molecule has 0 radical (unpaired) electrons. The zero-order chi connectivity index (χ0) is 21.4. The summed E-state index contributed by atoms with van der Waals surface area (Å²) in [6, 6.07) is 4.02. The van der Waals surface area contributed by atoms with Gasteiger partial charge in [0.2, 0.25) is 0 Å². The second-order valence-electron chi connectivity index (χ2n) is 4.59. The topological polar surface area (TPSA) is 131 Å². The van der Waals surface area contributed by atoms with Crippen molar-refractivity contribution in [2.45, 2.75) is 26.7 Å². The molecule has 10 nitrogen and oxygen atoms in total. The molecule has 0 aliphatic rings. The molecule has 28 heavy (non-hydrogen) atoms. The maximum atomic E-state index is 11.8. The Bertz CT molecular complexity index is 605. The van der Waals surface area contributed by atoms with Crippen LogP contribution in [0.25, 0.3) is 0 Å². The summed E-state index contributed by atoms with van der Waals surface area (Å²) < 4.78 is 2.30. The highest BCUT2D eigenvalue weighted by Crippen LogP contribution is 2.28. The standard InChI is InChI=1S/C14H20N6O4S4/c1-11(25-9-5-7-15)17-23-13(21)19(3)27-28-20(4)14(22)24-18-12(2)26-10-6-8-16/h5-6,9-10H2,1-4H3/b17-11+,18-12+. The minimum atomic E-state index is -0.720. The first-order valence-electron chi connectivity index (χ1n) is 7.64. The van der Waals surface area contributed by atoms with Crippen LogP contribution in [0.1, 0.15) is 26.7 Å². The second-order valence-corrected chi connectivity index (χ2v) is 9.46. The van der Waals surface area contributed by atoms with Crippen LogP contribution in [0.4, 0.5) is 9.59 Å². The van der Waals surface area contributed by atoms with E-state index >= 15 is 0 Å². The van der Waals surface area contributed by atoms with Crippen LogP contribution in [0.5, 0.6) is 0 Å². The monoisotopic (exact) mass is 464 g/mol. The van der Waals surface area contributed by atoms with Gasteiger partial charge in [-0.05, 0) is 13.8 Å². The molecule has 0 heterocycles. The number of carbonyl (C=O) groups is 2. The van der Waals surface area contributed by atoms with Gasteiger partial charge >= 0.3 is 12.2 Å². The lowest BCUT2D eigenvalue weighted by Crippen LogP contribution is -2.22. The van der Waals surface area contributed by atoms with E-state index in [2.05, 4.69) is 10.3 Å². The number of carbonyl (C=O) groups excluding carboxylic acids is 2. The predicted octanol–water partition coefficient (Wildman–Crippen LogP) is 4.30. The van der Waals surface area contributed by atoms with Crippen molar-refractivity contribution in [3.05, 3.63) is 0 Å².